The van der Waals surface area contributed by atoms with Crippen LogP contribution < -0.4 is 10.5 Å². The van der Waals surface area contributed by atoms with Gasteiger partial charge in [0.15, 0.2) is 0 Å². The lowest BCUT2D eigenvalue weighted by molar-refractivity contribution is 0.298. The molecule has 1 aromatic carbocycles. The van der Waals surface area contributed by atoms with Crippen molar-refractivity contribution in [1.29, 1.82) is 0 Å². The van der Waals surface area contributed by atoms with Crippen LogP contribution in [0.5, 0.6) is 5.75 Å². The first-order valence-corrected chi connectivity index (χ1v) is 7.35. The predicted octanol–water partition coefficient (Wildman–Crippen LogP) is 3.52. The number of hydrogen-bond acceptors (Lipinski definition) is 4. The molecule has 5 heteroatoms. The van der Waals surface area contributed by atoms with Gasteiger partial charge in [-0.25, -0.2) is 0 Å². The quantitative estimate of drug-likeness (QED) is 0.905. The van der Waals surface area contributed by atoms with Crippen LogP contribution in [-0.2, 0) is 13.0 Å². The third-order valence-corrected chi connectivity index (χ3v) is 3.61. The van der Waals surface area contributed by atoms with Gasteiger partial charge in [0, 0.05) is 10.5 Å². The van der Waals surface area contributed by atoms with Gasteiger partial charge in [-0.05, 0) is 51.0 Å². The van der Waals surface area contributed by atoms with Crippen molar-refractivity contribution in [2.24, 2.45) is 5.73 Å². The summed E-state index contributed by atoms with van der Waals surface area (Å²) in [6.45, 7) is 6.25. The van der Waals surface area contributed by atoms with E-state index in [2.05, 4.69) is 21.1 Å². The molecule has 0 saturated heterocycles. The number of nitrogens with two attached hydrogens (primary N) is 1. The number of aromatic nitrogens is 1. The minimum Gasteiger partial charge on any atom is -0.488 e. The average Bonchev–Trinajstić information content (AvgIpc) is 2.68. The maximum atomic E-state index is 5.92. The molecular formula is C15H19BrN2O2. The van der Waals surface area contributed by atoms with E-state index in [0.717, 1.165) is 39.2 Å². The van der Waals surface area contributed by atoms with Crippen molar-refractivity contribution >= 4 is 15.9 Å². The maximum absolute atomic E-state index is 5.92. The van der Waals surface area contributed by atoms with Gasteiger partial charge in [0.1, 0.15) is 18.1 Å². The van der Waals surface area contributed by atoms with E-state index >= 15 is 0 Å². The number of rotatable bonds is 5. The Morgan fingerprint density at radius 2 is 2.15 bits per heavy atom. The molecule has 0 saturated carbocycles. The summed E-state index contributed by atoms with van der Waals surface area (Å²) in [7, 11) is 0. The first kappa shape index (κ1) is 15.1. The Labute approximate surface area is 127 Å². The van der Waals surface area contributed by atoms with Crippen LogP contribution in [0, 0.1) is 13.8 Å². The summed E-state index contributed by atoms with van der Waals surface area (Å²) in [6, 6.07) is 6.06. The van der Waals surface area contributed by atoms with Gasteiger partial charge < -0.3 is 15.0 Å². The molecule has 0 amide bonds. The second-order valence-electron chi connectivity index (χ2n) is 5.02. The summed E-state index contributed by atoms with van der Waals surface area (Å²) < 4.78 is 12.1. The van der Waals surface area contributed by atoms with Crippen LogP contribution in [0.4, 0.5) is 0 Å². The van der Waals surface area contributed by atoms with Crippen LogP contribution in [0.25, 0.3) is 0 Å². The Kier molecular flexibility index (Phi) is 4.83. The summed E-state index contributed by atoms with van der Waals surface area (Å²) in [4.78, 5) is 0. The van der Waals surface area contributed by atoms with Gasteiger partial charge in [0.05, 0.1) is 11.3 Å². The second kappa shape index (κ2) is 6.41. The molecule has 0 aliphatic rings. The molecule has 0 radical (unpaired) electrons. The maximum Gasteiger partial charge on any atom is 0.140 e. The fourth-order valence-corrected chi connectivity index (χ4v) is 2.46. The molecule has 2 N–H and O–H groups in total. The SMILES string of the molecule is Cc1noc(C)c1COc1ccc(Br)cc1CC(C)N. The van der Waals surface area contributed by atoms with E-state index in [9.17, 15) is 0 Å². The fraction of sp³-hybridized carbons (Fsp3) is 0.400. The molecule has 108 valence electrons. The van der Waals surface area contributed by atoms with E-state index in [0.29, 0.717) is 6.61 Å². The number of halogens is 1. The third-order valence-electron chi connectivity index (χ3n) is 3.12. The molecule has 1 aromatic heterocycles. The van der Waals surface area contributed by atoms with E-state index in [1.54, 1.807) is 0 Å². The van der Waals surface area contributed by atoms with Gasteiger partial charge in [-0.15, -0.1) is 0 Å². The lowest BCUT2D eigenvalue weighted by Gasteiger charge is -2.13. The zero-order valence-electron chi connectivity index (χ0n) is 11.9. The Hall–Kier alpha value is -1.33. The summed E-state index contributed by atoms with van der Waals surface area (Å²) in [5.74, 6) is 1.65. The minimum atomic E-state index is 0.0886. The lowest BCUT2D eigenvalue weighted by Crippen LogP contribution is -2.18. The first-order valence-electron chi connectivity index (χ1n) is 6.56. The summed E-state index contributed by atoms with van der Waals surface area (Å²) >= 11 is 3.48. The molecule has 1 atom stereocenters. The highest BCUT2D eigenvalue weighted by Crippen LogP contribution is 2.26. The fourth-order valence-electron chi connectivity index (χ4n) is 2.05. The van der Waals surface area contributed by atoms with Crippen LogP contribution >= 0.6 is 15.9 Å². The summed E-state index contributed by atoms with van der Waals surface area (Å²) in [5.41, 5.74) is 8.85. The third kappa shape index (κ3) is 3.61. The highest BCUT2D eigenvalue weighted by molar-refractivity contribution is 9.10. The first-order chi connectivity index (χ1) is 9.47. The van der Waals surface area contributed by atoms with E-state index in [4.69, 9.17) is 15.0 Å². The Morgan fingerprint density at radius 1 is 1.40 bits per heavy atom. The van der Waals surface area contributed by atoms with Gasteiger partial charge in [-0.2, -0.15) is 0 Å². The van der Waals surface area contributed by atoms with Gasteiger partial charge in [-0.3, -0.25) is 0 Å². The molecular weight excluding hydrogens is 320 g/mol. The standard InChI is InChI=1S/C15H19BrN2O2/c1-9(17)6-12-7-13(16)4-5-15(12)19-8-14-10(2)18-20-11(14)3/h4-5,7,9H,6,8,17H2,1-3H3. The molecule has 1 heterocycles. The zero-order chi connectivity index (χ0) is 14.7. The topological polar surface area (TPSA) is 61.3 Å². The van der Waals surface area contributed by atoms with Crippen LogP contribution in [0.15, 0.2) is 27.2 Å². The van der Waals surface area contributed by atoms with Crippen molar-refractivity contribution in [2.45, 2.75) is 39.8 Å². The molecule has 0 aliphatic heterocycles. The Morgan fingerprint density at radius 3 is 2.75 bits per heavy atom. The van der Waals surface area contributed by atoms with E-state index in [1.807, 2.05) is 39.0 Å². The van der Waals surface area contributed by atoms with Crippen LogP contribution in [-0.4, -0.2) is 11.2 Å². The molecule has 0 fully saturated rings. The molecule has 0 aliphatic carbocycles. The van der Waals surface area contributed by atoms with Crippen LogP contribution in [0.1, 0.15) is 29.5 Å². The van der Waals surface area contributed by atoms with Gasteiger partial charge in [-0.1, -0.05) is 21.1 Å². The van der Waals surface area contributed by atoms with Gasteiger partial charge in [0.2, 0.25) is 0 Å². The van der Waals surface area contributed by atoms with E-state index in [1.165, 1.54) is 0 Å². The van der Waals surface area contributed by atoms with Crippen molar-refractivity contribution in [3.63, 3.8) is 0 Å². The molecule has 4 nitrogen and oxygen atoms in total. The van der Waals surface area contributed by atoms with Crippen molar-refractivity contribution in [2.75, 3.05) is 0 Å². The Balaban J connectivity index is 2.17. The van der Waals surface area contributed by atoms with Crippen molar-refractivity contribution in [3.8, 4) is 5.75 Å². The van der Waals surface area contributed by atoms with Crippen LogP contribution in [0.3, 0.4) is 0 Å². The van der Waals surface area contributed by atoms with Gasteiger partial charge in [0.25, 0.3) is 0 Å². The minimum absolute atomic E-state index is 0.0886. The van der Waals surface area contributed by atoms with E-state index < -0.39 is 0 Å². The predicted molar refractivity (Wildman–Crippen MR) is 81.8 cm³/mol. The normalized spacial score (nSPS) is 12.4. The van der Waals surface area contributed by atoms with Crippen molar-refractivity contribution in [3.05, 3.63) is 45.3 Å². The summed E-state index contributed by atoms with van der Waals surface area (Å²) in [5, 5.41) is 3.93. The average molecular weight is 339 g/mol. The number of ether oxygens (including phenoxy) is 1. The molecule has 2 aromatic rings. The highest BCUT2D eigenvalue weighted by Gasteiger charge is 2.12. The molecule has 0 bridgehead atoms. The monoisotopic (exact) mass is 338 g/mol. The lowest BCUT2D eigenvalue weighted by atomic mass is 10.1. The number of nitrogens with zero attached hydrogens (tertiary/aromatic N) is 1. The van der Waals surface area contributed by atoms with Crippen molar-refractivity contribution in [1.82, 2.24) is 5.16 Å². The number of aryl methyl sites for hydroxylation is 2. The van der Waals surface area contributed by atoms with Gasteiger partial charge >= 0.3 is 0 Å². The molecule has 0 spiro atoms. The molecule has 1 unspecified atom stereocenters. The van der Waals surface area contributed by atoms with E-state index in [-0.39, 0.29) is 6.04 Å². The largest absolute Gasteiger partial charge is 0.488 e. The van der Waals surface area contributed by atoms with Crippen molar-refractivity contribution < 1.29 is 9.26 Å². The second-order valence-corrected chi connectivity index (χ2v) is 5.94. The zero-order valence-corrected chi connectivity index (χ0v) is 13.5. The highest BCUT2D eigenvalue weighted by atomic mass is 79.9. The molecule has 20 heavy (non-hydrogen) atoms. The van der Waals surface area contributed by atoms with Crippen LogP contribution in [0.2, 0.25) is 0 Å². The Bertz CT molecular complexity index is 574. The molecule has 2 rings (SSSR count). The number of hydrogen-bond donors (Lipinski definition) is 1. The smallest absolute Gasteiger partial charge is 0.140 e. The number of benzene rings is 1. The summed E-state index contributed by atoms with van der Waals surface area (Å²) in [6.07, 6.45) is 0.774.